The van der Waals surface area contributed by atoms with E-state index in [0.717, 1.165) is 22.3 Å². The minimum atomic E-state index is -3.57. The van der Waals surface area contributed by atoms with Crippen molar-refractivity contribution in [3.05, 3.63) is 64.2 Å². The van der Waals surface area contributed by atoms with Gasteiger partial charge in [0.05, 0.1) is 5.75 Å². The first kappa shape index (κ1) is 21.2. The molecular formula is C22H29NO3S. The number of benzene rings is 2. The molecule has 0 unspecified atom stereocenters. The first-order valence-corrected chi connectivity index (χ1v) is 10.9. The fourth-order valence-electron chi connectivity index (χ4n) is 2.96. The molecule has 0 aliphatic carbocycles. The van der Waals surface area contributed by atoms with E-state index >= 15 is 0 Å². The number of hydrogen-bond donors (Lipinski definition) is 1. The lowest BCUT2D eigenvalue weighted by atomic mass is 9.84. The van der Waals surface area contributed by atoms with E-state index < -0.39 is 21.5 Å². The van der Waals surface area contributed by atoms with Crippen molar-refractivity contribution >= 4 is 21.4 Å². The van der Waals surface area contributed by atoms with Crippen LogP contribution in [-0.2, 0) is 25.8 Å². The lowest BCUT2D eigenvalue weighted by Crippen LogP contribution is -2.24. The minimum Gasteiger partial charge on any atom is -0.325 e. The molecule has 0 aromatic heterocycles. The summed E-state index contributed by atoms with van der Waals surface area (Å²) in [7, 11) is -3.57. The number of carbonyl (C=O) groups excluding carboxylic acids is 1. The van der Waals surface area contributed by atoms with E-state index in [4.69, 9.17) is 0 Å². The lowest BCUT2D eigenvalue weighted by Gasteiger charge is -2.22. The van der Waals surface area contributed by atoms with E-state index in [1.54, 1.807) is 12.1 Å². The van der Waals surface area contributed by atoms with Gasteiger partial charge in [0.2, 0.25) is 5.91 Å². The second-order valence-electron chi connectivity index (χ2n) is 8.29. The van der Waals surface area contributed by atoms with Crippen LogP contribution in [0.2, 0.25) is 0 Å². The van der Waals surface area contributed by atoms with Gasteiger partial charge in [-0.3, -0.25) is 4.79 Å². The van der Waals surface area contributed by atoms with Crippen LogP contribution < -0.4 is 5.32 Å². The summed E-state index contributed by atoms with van der Waals surface area (Å²) in [6, 6.07) is 11.4. The summed E-state index contributed by atoms with van der Waals surface area (Å²) < 4.78 is 25.2. The van der Waals surface area contributed by atoms with Gasteiger partial charge in [-0.2, -0.15) is 0 Å². The van der Waals surface area contributed by atoms with Gasteiger partial charge >= 0.3 is 0 Å². The third-order valence-corrected chi connectivity index (χ3v) is 6.04. The van der Waals surface area contributed by atoms with Crippen LogP contribution in [0.4, 0.5) is 5.69 Å². The maximum absolute atomic E-state index is 12.6. The van der Waals surface area contributed by atoms with Crippen molar-refractivity contribution in [2.24, 2.45) is 0 Å². The first-order valence-electron chi connectivity index (χ1n) is 9.05. The smallest absolute Gasteiger partial charge is 0.239 e. The van der Waals surface area contributed by atoms with Crippen molar-refractivity contribution in [3.63, 3.8) is 0 Å². The van der Waals surface area contributed by atoms with Crippen molar-refractivity contribution in [2.45, 2.75) is 52.7 Å². The Kier molecular flexibility index (Phi) is 6.15. The molecule has 0 aliphatic rings. The molecule has 4 nitrogen and oxygen atoms in total. The highest BCUT2D eigenvalue weighted by atomic mass is 32.2. The second kappa shape index (κ2) is 7.85. The predicted octanol–water partition coefficient (Wildman–Crippen LogP) is 4.46. The molecule has 0 radical (unpaired) electrons. The summed E-state index contributed by atoms with van der Waals surface area (Å²) in [5.41, 5.74) is 5.53. The average molecular weight is 388 g/mol. The van der Waals surface area contributed by atoms with Crippen LogP contribution in [0, 0.1) is 20.8 Å². The number of amides is 1. The minimum absolute atomic E-state index is 0.000842. The molecule has 0 fully saturated rings. The Morgan fingerprint density at radius 1 is 0.963 bits per heavy atom. The Balaban J connectivity index is 2.14. The molecule has 5 heteroatoms. The van der Waals surface area contributed by atoms with E-state index in [1.807, 2.05) is 45.0 Å². The highest BCUT2D eigenvalue weighted by Crippen LogP contribution is 2.28. The van der Waals surface area contributed by atoms with Crippen molar-refractivity contribution in [2.75, 3.05) is 11.1 Å². The molecule has 0 saturated carbocycles. The van der Waals surface area contributed by atoms with Crippen LogP contribution in [0.25, 0.3) is 0 Å². The van der Waals surface area contributed by atoms with Gasteiger partial charge in [-0.15, -0.1) is 0 Å². The number of rotatable bonds is 5. The first-order chi connectivity index (χ1) is 12.4. The summed E-state index contributed by atoms with van der Waals surface area (Å²) in [5, 5.41) is 2.65. The Morgan fingerprint density at radius 2 is 1.48 bits per heavy atom. The van der Waals surface area contributed by atoms with Crippen LogP contribution in [-0.4, -0.2) is 20.1 Å². The highest BCUT2D eigenvalue weighted by Gasteiger charge is 2.22. The normalized spacial score (nSPS) is 12.1. The summed E-state index contributed by atoms with van der Waals surface area (Å²) >= 11 is 0. The number of aryl methyl sites for hydroxylation is 3. The largest absolute Gasteiger partial charge is 0.325 e. The van der Waals surface area contributed by atoms with Crippen molar-refractivity contribution in [1.29, 1.82) is 0 Å². The maximum Gasteiger partial charge on any atom is 0.239 e. The highest BCUT2D eigenvalue weighted by molar-refractivity contribution is 7.91. The molecule has 0 spiro atoms. The molecule has 1 amide bonds. The zero-order valence-corrected chi connectivity index (χ0v) is 17.8. The monoisotopic (exact) mass is 387 g/mol. The van der Waals surface area contributed by atoms with E-state index in [0.29, 0.717) is 5.69 Å². The van der Waals surface area contributed by atoms with E-state index in [-0.39, 0.29) is 11.2 Å². The molecule has 0 bridgehead atoms. The van der Waals surface area contributed by atoms with Crippen molar-refractivity contribution < 1.29 is 13.2 Å². The van der Waals surface area contributed by atoms with Crippen LogP contribution >= 0.6 is 0 Å². The van der Waals surface area contributed by atoms with Crippen LogP contribution in [0.5, 0.6) is 0 Å². The summed E-state index contributed by atoms with van der Waals surface area (Å²) in [6.07, 6.45) is 0. The fraction of sp³-hybridized carbons (Fsp3) is 0.409. The summed E-state index contributed by atoms with van der Waals surface area (Å²) in [4.78, 5) is 12.2. The standard InChI is InChI=1S/C22H29NO3S/c1-15-7-9-19(10-8-15)23-21(24)14-27(25,26)13-20-16(2)11-18(12-17(20)3)22(4,5)6/h7-12H,13-14H2,1-6H3,(H,23,24). The zero-order chi connectivity index (χ0) is 20.4. The third-order valence-electron chi connectivity index (χ3n) is 4.61. The molecule has 2 aromatic rings. The summed E-state index contributed by atoms with van der Waals surface area (Å²) in [6.45, 7) is 12.2. The van der Waals surface area contributed by atoms with Crippen molar-refractivity contribution in [3.8, 4) is 0 Å². The number of nitrogens with one attached hydrogen (secondary N) is 1. The molecule has 146 valence electrons. The predicted molar refractivity (Wildman–Crippen MR) is 112 cm³/mol. The van der Waals surface area contributed by atoms with E-state index in [2.05, 4.69) is 26.1 Å². The van der Waals surface area contributed by atoms with Crippen LogP contribution in [0.1, 0.15) is 48.6 Å². The van der Waals surface area contributed by atoms with Gasteiger partial charge in [0.1, 0.15) is 5.75 Å². The molecule has 27 heavy (non-hydrogen) atoms. The van der Waals surface area contributed by atoms with Crippen LogP contribution in [0.3, 0.4) is 0 Å². The Hall–Kier alpha value is -2.14. The average Bonchev–Trinajstić information content (AvgIpc) is 2.51. The van der Waals surface area contributed by atoms with Crippen molar-refractivity contribution in [1.82, 2.24) is 0 Å². The fourth-order valence-corrected chi connectivity index (χ4v) is 4.43. The maximum atomic E-state index is 12.6. The zero-order valence-electron chi connectivity index (χ0n) is 17.0. The summed E-state index contributed by atoms with van der Waals surface area (Å²) in [5.74, 6) is -1.17. The van der Waals surface area contributed by atoms with Gasteiger partial charge in [0, 0.05) is 5.69 Å². The number of carbonyl (C=O) groups is 1. The van der Waals surface area contributed by atoms with Gasteiger partial charge in [0.15, 0.2) is 9.84 Å². The van der Waals surface area contributed by atoms with Gasteiger partial charge in [-0.05, 0) is 60.6 Å². The lowest BCUT2D eigenvalue weighted by molar-refractivity contribution is -0.113. The molecule has 2 aromatic carbocycles. The van der Waals surface area contributed by atoms with Gasteiger partial charge in [-0.1, -0.05) is 50.6 Å². The third kappa shape index (κ3) is 5.93. The molecule has 0 aliphatic heterocycles. The molecular weight excluding hydrogens is 358 g/mol. The van der Waals surface area contributed by atoms with Gasteiger partial charge in [0.25, 0.3) is 0 Å². The number of anilines is 1. The van der Waals surface area contributed by atoms with Gasteiger partial charge in [-0.25, -0.2) is 8.42 Å². The molecule has 0 heterocycles. The van der Waals surface area contributed by atoms with Crippen LogP contribution in [0.15, 0.2) is 36.4 Å². The number of hydrogen-bond acceptors (Lipinski definition) is 3. The van der Waals surface area contributed by atoms with E-state index in [1.165, 1.54) is 5.56 Å². The Labute approximate surface area is 162 Å². The Morgan fingerprint density at radius 3 is 1.96 bits per heavy atom. The Bertz CT molecular complexity index is 914. The molecule has 0 atom stereocenters. The molecule has 1 N–H and O–H groups in total. The second-order valence-corrected chi connectivity index (χ2v) is 10.3. The SMILES string of the molecule is Cc1ccc(NC(=O)CS(=O)(=O)Cc2c(C)cc(C(C)(C)C)cc2C)cc1. The quantitative estimate of drug-likeness (QED) is 0.824. The molecule has 2 rings (SSSR count). The van der Waals surface area contributed by atoms with Gasteiger partial charge < -0.3 is 5.32 Å². The number of sulfone groups is 1. The van der Waals surface area contributed by atoms with E-state index in [9.17, 15) is 13.2 Å². The molecule has 0 saturated heterocycles. The topological polar surface area (TPSA) is 63.2 Å².